The molecule has 1 amide bonds. The molecular formula is C28H35N7O3. The Morgan fingerprint density at radius 2 is 1.92 bits per heavy atom. The highest BCUT2D eigenvalue weighted by atomic mass is 16.5. The van der Waals surface area contributed by atoms with Gasteiger partial charge in [0.2, 0.25) is 5.91 Å². The molecule has 0 saturated carbocycles. The SMILES string of the molecule is CC(=O)OC[C@@H](Nc1ncnn2cc3c(c12)CCN(C(=O)/C=C/CN1CCN(C)CC1)C3)c1ccccc1. The average Bonchev–Trinajstić information content (AvgIpc) is 3.31. The molecule has 0 unspecified atom stereocenters. The predicted molar refractivity (Wildman–Crippen MR) is 145 cm³/mol. The van der Waals surface area contributed by atoms with E-state index in [0.29, 0.717) is 25.3 Å². The fourth-order valence-corrected chi connectivity index (χ4v) is 5.07. The standard InChI is InChI=1S/C28H35N7O3/c1-21(36)38-19-25(22-7-4-3-5-8-22)31-28-27-24-10-12-34(17-23(24)18-35(27)30-20-29-28)26(37)9-6-11-33-15-13-32(2)14-16-33/h3-9,18,20,25H,10-17,19H2,1-2H3,(H,29,30,31)/b9-6+/t25-/m1/s1. The molecule has 0 bridgehead atoms. The molecule has 200 valence electrons. The molecule has 2 aliphatic heterocycles. The van der Waals surface area contributed by atoms with Gasteiger partial charge in [-0.3, -0.25) is 14.5 Å². The van der Waals surface area contributed by atoms with E-state index in [4.69, 9.17) is 4.74 Å². The van der Waals surface area contributed by atoms with Crippen LogP contribution >= 0.6 is 0 Å². The third-order valence-corrected chi connectivity index (χ3v) is 7.26. The van der Waals surface area contributed by atoms with Gasteiger partial charge in [-0.25, -0.2) is 9.50 Å². The third kappa shape index (κ3) is 6.03. The fourth-order valence-electron chi connectivity index (χ4n) is 5.07. The van der Waals surface area contributed by atoms with Crippen LogP contribution in [0.15, 0.2) is 55.0 Å². The van der Waals surface area contributed by atoms with Crippen molar-refractivity contribution in [2.75, 3.05) is 58.2 Å². The molecule has 1 atom stereocenters. The van der Waals surface area contributed by atoms with Crippen LogP contribution in [0, 0.1) is 0 Å². The molecule has 10 nitrogen and oxygen atoms in total. The monoisotopic (exact) mass is 517 g/mol. The van der Waals surface area contributed by atoms with Crippen molar-refractivity contribution in [3.63, 3.8) is 0 Å². The number of esters is 1. The largest absolute Gasteiger partial charge is 0.463 e. The van der Waals surface area contributed by atoms with E-state index >= 15 is 0 Å². The Hall–Kier alpha value is -3.76. The van der Waals surface area contributed by atoms with Crippen molar-refractivity contribution in [3.05, 3.63) is 71.7 Å². The normalized spacial score (nSPS) is 17.5. The number of hydrogen-bond donors (Lipinski definition) is 1. The molecule has 10 heteroatoms. The van der Waals surface area contributed by atoms with Gasteiger partial charge in [0.15, 0.2) is 5.82 Å². The Kier molecular flexibility index (Phi) is 8.00. The van der Waals surface area contributed by atoms with E-state index in [9.17, 15) is 9.59 Å². The highest BCUT2D eigenvalue weighted by Gasteiger charge is 2.26. The zero-order valence-corrected chi connectivity index (χ0v) is 22.0. The van der Waals surface area contributed by atoms with Crippen LogP contribution in [0.2, 0.25) is 0 Å². The average molecular weight is 518 g/mol. The van der Waals surface area contributed by atoms with Crippen LogP contribution in [0.3, 0.4) is 0 Å². The van der Waals surface area contributed by atoms with Gasteiger partial charge in [0, 0.05) is 65.0 Å². The number of anilines is 1. The maximum atomic E-state index is 12.9. The Balaban J connectivity index is 1.30. The van der Waals surface area contributed by atoms with E-state index < -0.39 is 0 Å². The second kappa shape index (κ2) is 11.7. The minimum absolute atomic E-state index is 0.0370. The molecule has 38 heavy (non-hydrogen) atoms. The van der Waals surface area contributed by atoms with Gasteiger partial charge in [-0.2, -0.15) is 5.10 Å². The molecule has 3 aromatic rings. The molecule has 1 aromatic carbocycles. The molecule has 0 aliphatic carbocycles. The molecule has 1 N–H and O–H groups in total. The number of carbonyl (C=O) groups excluding carboxylic acids is 2. The summed E-state index contributed by atoms with van der Waals surface area (Å²) in [6.45, 7) is 7.74. The van der Waals surface area contributed by atoms with Gasteiger partial charge in [0.25, 0.3) is 0 Å². The van der Waals surface area contributed by atoms with Crippen LogP contribution in [0.4, 0.5) is 5.82 Å². The second-order valence-electron chi connectivity index (χ2n) is 9.96. The van der Waals surface area contributed by atoms with Crippen LogP contribution in [0.1, 0.15) is 29.7 Å². The molecule has 0 spiro atoms. The minimum Gasteiger partial charge on any atom is -0.463 e. The highest BCUT2D eigenvalue weighted by Crippen LogP contribution is 2.30. The number of carbonyl (C=O) groups is 2. The summed E-state index contributed by atoms with van der Waals surface area (Å²) in [6.07, 6.45) is 7.91. The quantitative estimate of drug-likeness (QED) is 0.359. The Labute approximate surface area is 222 Å². The van der Waals surface area contributed by atoms with Crippen LogP contribution in [0.5, 0.6) is 0 Å². The summed E-state index contributed by atoms with van der Waals surface area (Å²) in [6, 6.07) is 9.58. The fraction of sp³-hybridized carbons (Fsp3) is 0.429. The summed E-state index contributed by atoms with van der Waals surface area (Å²) in [5.41, 5.74) is 4.09. The first-order valence-corrected chi connectivity index (χ1v) is 13.1. The lowest BCUT2D eigenvalue weighted by molar-refractivity contribution is -0.141. The molecule has 0 radical (unpaired) electrons. The lowest BCUT2D eigenvalue weighted by Gasteiger charge is -2.31. The zero-order valence-electron chi connectivity index (χ0n) is 22.0. The van der Waals surface area contributed by atoms with E-state index in [1.807, 2.05) is 52.0 Å². The van der Waals surface area contributed by atoms with Gasteiger partial charge in [-0.15, -0.1) is 0 Å². The first-order valence-electron chi connectivity index (χ1n) is 13.1. The van der Waals surface area contributed by atoms with Gasteiger partial charge in [-0.05, 0) is 30.2 Å². The van der Waals surface area contributed by atoms with Gasteiger partial charge in [-0.1, -0.05) is 36.4 Å². The molecule has 1 fully saturated rings. The van der Waals surface area contributed by atoms with Crippen molar-refractivity contribution < 1.29 is 14.3 Å². The number of likely N-dealkylation sites (N-methyl/N-ethyl adjacent to an activating group) is 1. The number of piperazine rings is 1. The number of benzene rings is 1. The van der Waals surface area contributed by atoms with E-state index in [0.717, 1.165) is 54.9 Å². The molecule has 1 saturated heterocycles. The van der Waals surface area contributed by atoms with E-state index in [2.05, 4.69) is 32.2 Å². The van der Waals surface area contributed by atoms with Gasteiger partial charge in [0.1, 0.15) is 18.5 Å². The smallest absolute Gasteiger partial charge is 0.302 e. The third-order valence-electron chi connectivity index (χ3n) is 7.26. The Morgan fingerprint density at radius 1 is 1.13 bits per heavy atom. The lowest BCUT2D eigenvalue weighted by Crippen LogP contribution is -2.44. The molecular weight excluding hydrogens is 482 g/mol. The van der Waals surface area contributed by atoms with Crippen molar-refractivity contribution in [1.29, 1.82) is 0 Å². The van der Waals surface area contributed by atoms with Crippen LogP contribution < -0.4 is 5.32 Å². The number of fused-ring (bicyclic) bond motifs is 3. The summed E-state index contributed by atoms with van der Waals surface area (Å²) in [4.78, 5) is 35.6. The first kappa shape index (κ1) is 25.9. The summed E-state index contributed by atoms with van der Waals surface area (Å²) in [7, 11) is 2.14. The molecule has 4 heterocycles. The minimum atomic E-state index is -0.331. The maximum Gasteiger partial charge on any atom is 0.302 e. The van der Waals surface area contributed by atoms with Gasteiger partial charge < -0.3 is 19.9 Å². The van der Waals surface area contributed by atoms with Crippen molar-refractivity contribution in [2.45, 2.75) is 25.9 Å². The number of rotatable bonds is 8. The van der Waals surface area contributed by atoms with Crippen LogP contribution in [-0.2, 0) is 27.3 Å². The topological polar surface area (TPSA) is 95.3 Å². The van der Waals surface area contributed by atoms with Gasteiger partial charge in [0.05, 0.1) is 6.04 Å². The van der Waals surface area contributed by atoms with E-state index in [-0.39, 0.29) is 24.5 Å². The number of ether oxygens (including phenoxy) is 1. The van der Waals surface area contributed by atoms with Crippen molar-refractivity contribution in [1.82, 2.24) is 29.3 Å². The van der Waals surface area contributed by atoms with Crippen molar-refractivity contribution in [3.8, 4) is 0 Å². The second-order valence-corrected chi connectivity index (χ2v) is 9.96. The van der Waals surface area contributed by atoms with Crippen molar-refractivity contribution in [2.24, 2.45) is 0 Å². The number of nitrogens with zero attached hydrogens (tertiary/aromatic N) is 6. The van der Waals surface area contributed by atoms with Crippen LogP contribution in [0.25, 0.3) is 5.52 Å². The summed E-state index contributed by atoms with van der Waals surface area (Å²) >= 11 is 0. The van der Waals surface area contributed by atoms with Gasteiger partial charge >= 0.3 is 5.97 Å². The number of hydrogen-bond acceptors (Lipinski definition) is 8. The first-order chi connectivity index (χ1) is 18.5. The predicted octanol–water partition coefficient (Wildman–Crippen LogP) is 2.13. The molecule has 2 aromatic heterocycles. The molecule has 5 rings (SSSR count). The number of aromatic nitrogens is 3. The number of amides is 1. The highest BCUT2D eigenvalue weighted by molar-refractivity contribution is 5.88. The molecule has 2 aliphatic rings. The summed E-state index contributed by atoms with van der Waals surface area (Å²) in [5.74, 6) is 0.382. The Morgan fingerprint density at radius 3 is 2.68 bits per heavy atom. The summed E-state index contributed by atoms with van der Waals surface area (Å²) < 4.78 is 7.17. The van der Waals surface area contributed by atoms with Crippen molar-refractivity contribution >= 4 is 23.2 Å². The van der Waals surface area contributed by atoms with E-state index in [1.165, 1.54) is 13.3 Å². The lowest BCUT2D eigenvalue weighted by atomic mass is 10.0. The van der Waals surface area contributed by atoms with Crippen LogP contribution in [-0.4, -0.2) is 94.1 Å². The zero-order chi connectivity index (χ0) is 26.5. The van der Waals surface area contributed by atoms with E-state index in [1.54, 1.807) is 6.08 Å². The summed E-state index contributed by atoms with van der Waals surface area (Å²) in [5, 5.41) is 7.91. The Bertz CT molecular complexity index is 1300. The maximum absolute atomic E-state index is 12.9. The number of nitrogens with one attached hydrogen (secondary N) is 1.